The molecule has 0 fully saturated rings. The van der Waals surface area contributed by atoms with Crippen molar-refractivity contribution in [3.05, 3.63) is 28.5 Å². The molecule has 4 N–H and O–H groups in total. The molecule has 1 rings (SSSR count). The van der Waals surface area contributed by atoms with E-state index in [2.05, 4.69) is 0 Å². The van der Waals surface area contributed by atoms with E-state index in [0.717, 1.165) is 0 Å². The fourth-order valence-electron chi connectivity index (χ4n) is 1.27. The summed E-state index contributed by atoms with van der Waals surface area (Å²) in [6.07, 6.45) is 0.712. The predicted octanol–water partition coefficient (Wildman–Crippen LogP) is 1.28. The van der Waals surface area contributed by atoms with Gasteiger partial charge in [-0.2, -0.15) is 0 Å². The number of hydrogen-bond acceptors (Lipinski definition) is 3. The zero-order valence-electron chi connectivity index (χ0n) is 8.41. The van der Waals surface area contributed by atoms with Crippen LogP contribution in [-0.2, 0) is 16.4 Å². The molecule has 0 aliphatic rings. The lowest BCUT2D eigenvalue weighted by Crippen LogP contribution is -2.16. The average molecular weight is 267 g/mol. The largest absolute Gasteiger partial charge is 0.395 e. The third kappa shape index (κ3) is 3.62. The van der Waals surface area contributed by atoms with Gasteiger partial charge in [-0.15, -0.1) is 0 Å². The van der Waals surface area contributed by atoms with Crippen LogP contribution in [0.1, 0.15) is 12.0 Å². The van der Waals surface area contributed by atoms with E-state index in [1.807, 2.05) is 0 Å². The molecule has 0 saturated heterocycles. The van der Waals surface area contributed by atoms with Crippen molar-refractivity contribution in [3.63, 3.8) is 0 Å². The molecule has 0 radical (unpaired) electrons. The SMILES string of the molecule is Nc1c(F)ccc(CCCS(N)(=O)=O)c1Cl. The summed E-state index contributed by atoms with van der Waals surface area (Å²) in [5.41, 5.74) is 5.89. The Hall–Kier alpha value is -0.850. The van der Waals surface area contributed by atoms with Crippen molar-refractivity contribution in [3.8, 4) is 0 Å². The van der Waals surface area contributed by atoms with Crippen LogP contribution < -0.4 is 10.9 Å². The first kappa shape index (κ1) is 13.2. The summed E-state index contributed by atoms with van der Waals surface area (Å²) in [4.78, 5) is 0. The Morgan fingerprint density at radius 2 is 2.00 bits per heavy atom. The van der Waals surface area contributed by atoms with Crippen molar-refractivity contribution in [2.24, 2.45) is 5.14 Å². The molecule has 0 aliphatic carbocycles. The van der Waals surface area contributed by atoms with E-state index in [0.29, 0.717) is 18.4 Å². The van der Waals surface area contributed by atoms with E-state index in [1.165, 1.54) is 12.1 Å². The molecule has 0 atom stereocenters. The van der Waals surface area contributed by atoms with Crippen LogP contribution in [-0.4, -0.2) is 14.2 Å². The highest BCUT2D eigenvalue weighted by atomic mass is 35.5. The van der Waals surface area contributed by atoms with Gasteiger partial charge in [0.1, 0.15) is 5.82 Å². The molecule has 4 nitrogen and oxygen atoms in total. The monoisotopic (exact) mass is 266 g/mol. The third-order valence-electron chi connectivity index (χ3n) is 2.08. The molecule has 0 aromatic heterocycles. The third-order valence-corrected chi connectivity index (χ3v) is 3.39. The normalized spacial score (nSPS) is 11.7. The predicted molar refractivity (Wildman–Crippen MR) is 62.1 cm³/mol. The number of rotatable bonds is 4. The zero-order valence-corrected chi connectivity index (χ0v) is 9.98. The Morgan fingerprint density at radius 1 is 1.38 bits per heavy atom. The molecule has 0 bridgehead atoms. The van der Waals surface area contributed by atoms with E-state index in [-0.39, 0.29) is 16.5 Å². The number of benzene rings is 1. The van der Waals surface area contributed by atoms with E-state index in [9.17, 15) is 12.8 Å². The molecule has 7 heteroatoms. The van der Waals surface area contributed by atoms with Crippen molar-refractivity contribution in [1.29, 1.82) is 0 Å². The van der Waals surface area contributed by atoms with Gasteiger partial charge in [0.05, 0.1) is 16.5 Å². The molecular weight excluding hydrogens is 255 g/mol. The summed E-state index contributed by atoms with van der Waals surface area (Å²) in [7, 11) is -3.47. The van der Waals surface area contributed by atoms with E-state index in [4.69, 9.17) is 22.5 Å². The Labute approximate surface area is 98.4 Å². The summed E-state index contributed by atoms with van der Waals surface area (Å²) in [5.74, 6) is -0.721. The second kappa shape index (κ2) is 4.99. The lowest BCUT2D eigenvalue weighted by molar-refractivity contribution is 0.595. The topological polar surface area (TPSA) is 86.2 Å². The van der Waals surface area contributed by atoms with Gasteiger partial charge in [0, 0.05) is 0 Å². The van der Waals surface area contributed by atoms with E-state index >= 15 is 0 Å². The van der Waals surface area contributed by atoms with Gasteiger partial charge in [0.2, 0.25) is 10.0 Å². The van der Waals surface area contributed by atoms with Crippen LogP contribution in [0, 0.1) is 5.82 Å². The molecule has 0 heterocycles. The number of anilines is 1. The molecule has 0 spiro atoms. The van der Waals surface area contributed by atoms with Crippen molar-refractivity contribution >= 4 is 27.3 Å². The molecule has 1 aromatic carbocycles. The minimum absolute atomic E-state index is 0.116. The minimum Gasteiger partial charge on any atom is -0.395 e. The number of nitrogens with two attached hydrogens (primary N) is 2. The maximum absolute atomic E-state index is 12.9. The second-order valence-corrected chi connectivity index (χ2v) is 5.52. The Kier molecular flexibility index (Phi) is 4.12. The lowest BCUT2D eigenvalue weighted by atomic mass is 10.1. The van der Waals surface area contributed by atoms with Gasteiger partial charge >= 0.3 is 0 Å². The van der Waals surface area contributed by atoms with Gasteiger partial charge in [-0.05, 0) is 24.5 Å². The van der Waals surface area contributed by atoms with Crippen molar-refractivity contribution in [2.45, 2.75) is 12.8 Å². The van der Waals surface area contributed by atoms with Gasteiger partial charge in [-0.1, -0.05) is 17.7 Å². The number of halogens is 2. The molecule has 0 aliphatic heterocycles. The highest BCUT2D eigenvalue weighted by Gasteiger charge is 2.09. The van der Waals surface area contributed by atoms with Crippen molar-refractivity contribution < 1.29 is 12.8 Å². The summed E-state index contributed by atoms with van der Waals surface area (Å²) in [6.45, 7) is 0. The number of hydrogen-bond donors (Lipinski definition) is 2. The van der Waals surface area contributed by atoms with Gasteiger partial charge in [0.15, 0.2) is 0 Å². The van der Waals surface area contributed by atoms with Gasteiger partial charge < -0.3 is 5.73 Å². The Morgan fingerprint density at radius 3 is 2.56 bits per heavy atom. The Balaban J connectivity index is 2.72. The quantitative estimate of drug-likeness (QED) is 0.805. The van der Waals surface area contributed by atoms with Crippen LogP contribution in [0.25, 0.3) is 0 Å². The molecule has 0 unspecified atom stereocenters. The summed E-state index contributed by atoms with van der Waals surface area (Å²) in [6, 6.07) is 2.69. The maximum Gasteiger partial charge on any atom is 0.209 e. The van der Waals surface area contributed by atoms with Crippen LogP contribution in [0.2, 0.25) is 5.02 Å². The average Bonchev–Trinajstić information content (AvgIpc) is 2.16. The molecule has 1 aromatic rings. The Bertz CT molecular complexity index is 491. The standard InChI is InChI=1S/C9H12ClFN2O2S/c10-8-6(2-1-5-16(13,14)15)3-4-7(11)9(8)12/h3-4H,1-2,5,12H2,(H2,13,14,15). The molecular formula is C9H12ClFN2O2S. The van der Waals surface area contributed by atoms with Crippen LogP contribution in [0.4, 0.5) is 10.1 Å². The molecule has 90 valence electrons. The first-order valence-corrected chi connectivity index (χ1v) is 6.63. The van der Waals surface area contributed by atoms with Crippen molar-refractivity contribution in [1.82, 2.24) is 0 Å². The highest BCUT2D eigenvalue weighted by Crippen LogP contribution is 2.26. The zero-order chi connectivity index (χ0) is 12.3. The van der Waals surface area contributed by atoms with Crippen LogP contribution in [0.5, 0.6) is 0 Å². The minimum atomic E-state index is -3.47. The second-order valence-electron chi connectivity index (χ2n) is 3.40. The van der Waals surface area contributed by atoms with Crippen LogP contribution in [0.15, 0.2) is 12.1 Å². The number of sulfonamides is 1. The number of primary sulfonamides is 1. The first-order valence-electron chi connectivity index (χ1n) is 4.54. The first-order chi connectivity index (χ1) is 7.31. The number of nitrogen functional groups attached to an aromatic ring is 1. The highest BCUT2D eigenvalue weighted by molar-refractivity contribution is 7.89. The lowest BCUT2D eigenvalue weighted by Gasteiger charge is -2.06. The van der Waals surface area contributed by atoms with E-state index < -0.39 is 15.8 Å². The molecule has 0 amide bonds. The summed E-state index contributed by atoms with van der Waals surface area (Å²) >= 11 is 5.80. The van der Waals surface area contributed by atoms with Gasteiger partial charge in [0.25, 0.3) is 0 Å². The van der Waals surface area contributed by atoms with Crippen LogP contribution >= 0.6 is 11.6 Å². The molecule has 16 heavy (non-hydrogen) atoms. The maximum atomic E-state index is 12.9. The molecule has 0 saturated carbocycles. The van der Waals surface area contributed by atoms with Gasteiger partial charge in [-0.3, -0.25) is 0 Å². The fourth-order valence-corrected chi connectivity index (χ4v) is 2.07. The summed E-state index contributed by atoms with van der Waals surface area (Å²) in [5, 5.41) is 4.98. The number of aryl methyl sites for hydroxylation is 1. The smallest absolute Gasteiger partial charge is 0.209 e. The summed E-state index contributed by atoms with van der Waals surface area (Å²) < 4.78 is 34.3. The fraction of sp³-hybridized carbons (Fsp3) is 0.333. The van der Waals surface area contributed by atoms with Crippen LogP contribution in [0.3, 0.4) is 0 Å². The van der Waals surface area contributed by atoms with Gasteiger partial charge in [-0.25, -0.2) is 17.9 Å². The van der Waals surface area contributed by atoms with Crippen molar-refractivity contribution in [2.75, 3.05) is 11.5 Å². The van der Waals surface area contributed by atoms with E-state index in [1.54, 1.807) is 0 Å².